The van der Waals surface area contributed by atoms with Gasteiger partial charge in [0.05, 0.1) is 0 Å². The summed E-state index contributed by atoms with van der Waals surface area (Å²) in [5, 5.41) is 3.36. The minimum atomic E-state index is -3.29. The fourth-order valence-electron chi connectivity index (χ4n) is 4.08. The van der Waals surface area contributed by atoms with Crippen molar-refractivity contribution in [2.75, 3.05) is 46.3 Å². The molecule has 23 heavy (non-hydrogen) atoms. The van der Waals surface area contributed by atoms with Crippen LogP contribution in [-0.2, 0) is 10.2 Å². The molecule has 1 atom stereocenters. The lowest BCUT2D eigenvalue weighted by Crippen LogP contribution is -2.50. The van der Waals surface area contributed by atoms with Gasteiger partial charge in [0.2, 0.25) is 0 Å². The zero-order valence-corrected chi connectivity index (χ0v) is 15.7. The van der Waals surface area contributed by atoms with Crippen LogP contribution in [-0.4, -0.2) is 80.3 Å². The van der Waals surface area contributed by atoms with Crippen molar-refractivity contribution in [2.45, 2.75) is 50.6 Å². The predicted octanol–water partition coefficient (Wildman–Crippen LogP) is 0.897. The fraction of sp³-hybridized carbons (Fsp3) is 1.00. The van der Waals surface area contributed by atoms with E-state index < -0.39 is 10.2 Å². The quantitative estimate of drug-likeness (QED) is 0.803. The average Bonchev–Trinajstić information content (AvgIpc) is 3.06. The van der Waals surface area contributed by atoms with Crippen molar-refractivity contribution in [3.05, 3.63) is 0 Å². The third-order valence-electron chi connectivity index (χ3n) is 5.57. The zero-order chi connectivity index (χ0) is 15.6. The molecule has 136 valence electrons. The molecule has 0 aromatic heterocycles. The highest BCUT2D eigenvalue weighted by molar-refractivity contribution is 7.86. The Bertz CT molecular complexity index is 464. The van der Waals surface area contributed by atoms with Gasteiger partial charge in [-0.05, 0) is 19.3 Å². The fourth-order valence-corrected chi connectivity index (χ4v) is 5.73. The molecular weight excluding hydrogens is 336 g/mol. The van der Waals surface area contributed by atoms with E-state index in [0.717, 1.165) is 58.3 Å². The number of rotatable bonds is 4. The van der Waals surface area contributed by atoms with Crippen molar-refractivity contribution in [3.63, 3.8) is 0 Å². The molecule has 0 aromatic rings. The van der Waals surface area contributed by atoms with Crippen molar-refractivity contribution in [2.24, 2.45) is 0 Å². The van der Waals surface area contributed by atoms with Crippen LogP contribution in [0.4, 0.5) is 0 Å². The average molecular weight is 367 g/mol. The number of hydrogen-bond acceptors (Lipinski definition) is 4. The Labute approximate surface area is 147 Å². The summed E-state index contributed by atoms with van der Waals surface area (Å²) in [5.74, 6) is 0. The normalized spacial score (nSPS) is 28.9. The van der Waals surface area contributed by atoms with Crippen LogP contribution >= 0.6 is 12.4 Å². The van der Waals surface area contributed by atoms with Crippen LogP contribution in [0.1, 0.15) is 38.5 Å². The first-order chi connectivity index (χ1) is 10.6. The highest BCUT2D eigenvalue weighted by atomic mass is 35.5. The van der Waals surface area contributed by atoms with Crippen LogP contribution in [0.25, 0.3) is 0 Å². The molecule has 2 saturated heterocycles. The van der Waals surface area contributed by atoms with Gasteiger partial charge in [-0.3, -0.25) is 4.90 Å². The second-order valence-corrected chi connectivity index (χ2v) is 8.89. The van der Waals surface area contributed by atoms with E-state index in [0.29, 0.717) is 19.1 Å². The number of hydrogen-bond donors (Lipinski definition) is 1. The Morgan fingerprint density at radius 1 is 1.00 bits per heavy atom. The van der Waals surface area contributed by atoms with Crippen molar-refractivity contribution < 1.29 is 8.42 Å². The Morgan fingerprint density at radius 2 is 1.65 bits per heavy atom. The minimum Gasteiger partial charge on any atom is -0.314 e. The molecule has 2 aliphatic heterocycles. The molecule has 1 aliphatic carbocycles. The van der Waals surface area contributed by atoms with Gasteiger partial charge in [0.25, 0.3) is 10.2 Å². The predicted molar refractivity (Wildman–Crippen MR) is 95.2 cm³/mol. The maximum Gasteiger partial charge on any atom is 0.282 e. The van der Waals surface area contributed by atoms with Gasteiger partial charge in [0.15, 0.2) is 0 Å². The Morgan fingerprint density at radius 3 is 2.30 bits per heavy atom. The zero-order valence-electron chi connectivity index (χ0n) is 14.1. The molecule has 0 aromatic carbocycles. The Balaban J connectivity index is 0.00000192. The van der Waals surface area contributed by atoms with Crippen LogP contribution in [0.2, 0.25) is 0 Å². The minimum absolute atomic E-state index is 0. The van der Waals surface area contributed by atoms with E-state index in [4.69, 9.17) is 0 Å². The highest BCUT2D eigenvalue weighted by Gasteiger charge is 2.38. The van der Waals surface area contributed by atoms with Gasteiger partial charge >= 0.3 is 0 Å². The molecule has 0 radical (unpaired) electrons. The van der Waals surface area contributed by atoms with Crippen LogP contribution < -0.4 is 5.32 Å². The summed E-state index contributed by atoms with van der Waals surface area (Å²) in [7, 11) is -1.50. The van der Waals surface area contributed by atoms with Gasteiger partial charge < -0.3 is 5.32 Å². The molecule has 1 unspecified atom stereocenters. The molecule has 0 amide bonds. The summed E-state index contributed by atoms with van der Waals surface area (Å²) in [5.41, 5.74) is 0. The number of piperazine rings is 1. The van der Waals surface area contributed by atoms with E-state index >= 15 is 0 Å². The SMILES string of the molecule is CN(C1CCCCC1)S(=O)(=O)N1CCC(N2CCNCC2)C1.Cl. The van der Waals surface area contributed by atoms with Crippen molar-refractivity contribution >= 4 is 22.6 Å². The first-order valence-electron chi connectivity index (χ1n) is 8.77. The standard InChI is InChI=1S/C15H30N4O2S.ClH/c1-17(14-5-3-2-4-6-14)22(20,21)19-10-7-15(13-19)18-11-8-16-9-12-18;/h14-16H,2-13H2,1H3;1H. The first kappa shape index (κ1) is 19.4. The molecule has 2 heterocycles. The molecule has 0 spiro atoms. The topological polar surface area (TPSA) is 55.9 Å². The van der Waals surface area contributed by atoms with Gasteiger partial charge in [0.1, 0.15) is 0 Å². The summed E-state index contributed by atoms with van der Waals surface area (Å²) in [6.45, 7) is 5.46. The number of halogens is 1. The van der Waals surface area contributed by atoms with Gasteiger partial charge in [-0.2, -0.15) is 17.0 Å². The summed E-state index contributed by atoms with van der Waals surface area (Å²) in [4.78, 5) is 2.45. The number of nitrogens with zero attached hydrogens (tertiary/aromatic N) is 3. The van der Waals surface area contributed by atoms with Gasteiger partial charge in [-0.15, -0.1) is 12.4 Å². The van der Waals surface area contributed by atoms with E-state index in [2.05, 4.69) is 10.2 Å². The van der Waals surface area contributed by atoms with E-state index in [-0.39, 0.29) is 18.4 Å². The van der Waals surface area contributed by atoms with Gasteiger partial charge in [0, 0.05) is 58.4 Å². The summed E-state index contributed by atoms with van der Waals surface area (Å²) in [6.07, 6.45) is 6.58. The van der Waals surface area contributed by atoms with Gasteiger partial charge in [-0.1, -0.05) is 19.3 Å². The molecule has 1 N–H and O–H groups in total. The summed E-state index contributed by atoms with van der Waals surface area (Å²) >= 11 is 0. The third kappa shape index (κ3) is 4.38. The van der Waals surface area contributed by atoms with Gasteiger partial charge in [-0.25, -0.2) is 0 Å². The molecule has 6 nitrogen and oxygen atoms in total. The van der Waals surface area contributed by atoms with Crippen LogP contribution in [0.15, 0.2) is 0 Å². The van der Waals surface area contributed by atoms with E-state index in [1.807, 2.05) is 0 Å². The molecular formula is C15H31ClN4O2S. The van der Waals surface area contributed by atoms with E-state index in [9.17, 15) is 8.42 Å². The van der Waals surface area contributed by atoms with Crippen LogP contribution in [0.5, 0.6) is 0 Å². The van der Waals surface area contributed by atoms with Crippen molar-refractivity contribution in [3.8, 4) is 0 Å². The molecule has 3 fully saturated rings. The molecule has 8 heteroatoms. The lowest BCUT2D eigenvalue weighted by atomic mass is 9.96. The molecule has 3 rings (SSSR count). The molecule has 1 saturated carbocycles. The van der Waals surface area contributed by atoms with Crippen LogP contribution in [0, 0.1) is 0 Å². The smallest absolute Gasteiger partial charge is 0.282 e. The molecule has 3 aliphatic rings. The van der Waals surface area contributed by atoms with E-state index in [1.54, 1.807) is 15.7 Å². The maximum atomic E-state index is 12.9. The van der Waals surface area contributed by atoms with Crippen molar-refractivity contribution in [1.29, 1.82) is 0 Å². The Hall–Kier alpha value is 0.0800. The highest BCUT2D eigenvalue weighted by Crippen LogP contribution is 2.27. The summed E-state index contributed by atoms with van der Waals surface area (Å²) < 4.78 is 29.1. The third-order valence-corrected chi connectivity index (χ3v) is 7.58. The maximum absolute atomic E-state index is 12.9. The second-order valence-electron chi connectivity index (χ2n) is 6.90. The first-order valence-corrected chi connectivity index (χ1v) is 10.2. The molecule has 0 bridgehead atoms. The van der Waals surface area contributed by atoms with Crippen molar-refractivity contribution in [1.82, 2.24) is 18.8 Å². The Kier molecular flexibility index (Phi) is 7.13. The van der Waals surface area contributed by atoms with E-state index in [1.165, 1.54) is 6.42 Å². The monoisotopic (exact) mass is 366 g/mol. The lowest BCUT2D eigenvalue weighted by molar-refractivity contribution is 0.178. The second kappa shape index (κ2) is 8.45. The number of nitrogens with one attached hydrogen (secondary N) is 1. The van der Waals surface area contributed by atoms with Crippen LogP contribution in [0.3, 0.4) is 0 Å². The summed E-state index contributed by atoms with van der Waals surface area (Å²) in [6, 6.07) is 0.605. The largest absolute Gasteiger partial charge is 0.314 e. The lowest BCUT2D eigenvalue weighted by Gasteiger charge is -2.34.